The van der Waals surface area contributed by atoms with Crippen molar-refractivity contribution in [2.45, 2.75) is 27.7 Å². The van der Waals surface area contributed by atoms with Crippen molar-refractivity contribution in [3.05, 3.63) is 75.8 Å². The van der Waals surface area contributed by atoms with E-state index in [0.717, 1.165) is 5.56 Å². The Hall–Kier alpha value is -2.16. The molecule has 0 spiro atoms. The number of non-ortho nitro benzene ring substituents is 1. The van der Waals surface area contributed by atoms with Gasteiger partial charge in [-0.05, 0) is 13.8 Å². The van der Waals surface area contributed by atoms with Crippen molar-refractivity contribution in [1.82, 2.24) is 0 Å². The number of hydrogen-bond acceptors (Lipinski definition) is 2. The van der Waals surface area contributed by atoms with Gasteiger partial charge in [0.1, 0.15) is 0 Å². The second-order valence-corrected chi connectivity index (χ2v) is 3.75. The number of rotatable bonds is 1. The molecule has 102 valence electrons. The van der Waals surface area contributed by atoms with E-state index < -0.39 is 4.92 Å². The summed E-state index contributed by atoms with van der Waals surface area (Å²) in [6, 6.07) is 16.7. The summed E-state index contributed by atoms with van der Waals surface area (Å²) in [5.74, 6) is 0. The molecule has 0 heterocycles. The van der Waals surface area contributed by atoms with E-state index in [9.17, 15) is 10.1 Å². The van der Waals surface area contributed by atoms with Crippen molar-refractivity contribution in [1.29, 1.82) is 0 Å². The normalized spacial score (nSPS) is 8.42. The third-order valence-electron chi connectivity index (χ3n) is 2.19. The van der Waals surface area contributed by atoms with Crippen LogP contribution in [-0.4, -0.2) is 4.92 Å². The highest BCUT2D eigenvalue weighted by Crippen LogP contribution is 2.10. The maximum absolute atomic E-state index is 10.1. The Kier molecular flexibility index (Phi) is 8.71. The summed E-state index contributed by atoms with van der Waals surface area (Å²) in [7, 11) is 0. The quantitative estimate of drug-likeness (QED) is 0.538. The Bertz CT molecular complexity index is 464. The van der Waals surface area contributed by atoms with E-state index in [1.807, 2.05) is 39.0 Å². The van der Waals surface area contributed by atoms with E-state index >= 15 is 0 Å². The molecule has 19 heavy (non-hydrogen) atoms. The lowest BCUT2D eigenvalue weighted by molar-refractivity contribution is -0.384. The van der Waals surface area contributed by atoms with Crippen LogP contribution in [0.25, 0.3) is 0 Å². The minimum atomic E-state index is -0.403. The average Bonchev–Trinajstić information content (AvgIpc) is 2.43. The maximum Gasteiger partial charge on any atom is 0.269 e. The first-order chi connectivity index (χ1) is 9.09. The van der Waals surface area contributed by atoms with Gasteiger partial charge < -0.3 is 0 Å². The molecule has 0 saturated heterocycles. The topological polar surface area (TPSA) is 43.1 Å². The molecule has 0 aliphatic rings. The molecule has 2 aromatic rings. The van der Waals surface area contributed by atoms with Gasteiger partial charge >= 0.3 is 0 Å². The molecule has 0 atom stereocenters. The number of benzene rings is 2. The number of hydrogen-bond donors (Lipinski definition) is 0. The highest BCUT2D eigenvalue weighted by molar-refractivity contribution is 5.32. The van der Waals surface area contributed by atoms with Crippen LogP contribution in [0.2, 0.25) is 0 Å². The van der Waals surface area contributed by atoms with Crippen LogP contribution >= 0.6 is 0 Å². The van der Waals surface area contributed by atoms with Crippen molar-refractivity contribution in [2.24, 2.45) is 0 Å². The molecule has 0 fully saturated rings. The Labute approximate surface area is 115 Å². The molecular weight excluding hydrogens is 238 g/mol. The zero-order valence-corrected chi connectivity index (χ0v) is 12.0. The maximum atomic E-state index is 10.1. The molecule has 0 amide bonds. The van der Waals surface area contributed by atoms with E-state index in [4.69, 9.17) is 0 Å². The van der Waals surface area contributed by atoms with Crippen LogP contribution in [0.1, 0.15) is 25.0 Å². The van der Waals surface area contributed by atoms with Crippen LogP contribution in [0.4, 0.5) is 5.69 Å². The molecule has 0 aliphatic carbocycles. The van der Waals surface area contributed by atoms with Crippen molar-refractivity contribution in [3.8, 4) is 0 Å². The summed E-state index contributed by atoms with van der Waals surface area (Å²) in [5, 5.41) is 10.1. The summed E-state index contributed by atoms with van der Waals surface area (Å²) < 4.78 is 0. The molecule has 0 aromatic heterocycles. The fraction of sp³-hybridized carbons (Fsp3) is 0.250. The third-order valence-corrected chi connectivity index (χ3v) is 2.19. The molecule has 0 aliphatic heterocycles. The molecule has 2 rings (SSSR count). The van der Waals surface area contributed by atoms with Crippen molar-refractivity contribution in [2.75, 3.05) is 0 Å². The second-order valence-electron chi connectivity index (χ2n) is 3.75. The minimum absolute atomic E-state index is 0.144. The van der Waals surface area contributed by atoms with Gasteiger partial charge in [0, 0.05) is 12.1 Å². The summed E-state index contributed by atoms with van der Waals surface area (Å²) in [6.45, 7) is 7.98. The zero-order valence-electron chi connectivity index (χ0n) is 12.0. The Balaban J connectivity index is 0.000000316. The Morgan fingerprint density at radius 1 is 0.789 bits per heavy atom. The molecule has 0 bridgehead atoms. The highest BCUT2D eigenvalue weighted by atomic mass is 16.6. The first-order valence-electron chi connectivity index (χ1n) is 6.32. The fourth-order valence-electron chi connectivity index (χ4n) is 1.20. The monoisotopic (exact) mass is 259 g/mol. The molecule has 0 radical (unpaired) electrons. The Morgan fingerprint density at radius 3 is 1.53 bits per heavy atom. The van der Waals surface area contributed by atoms with E-state index in [2.05, 4.69) is 19.1 Å². The van der Waals surface area contributed by atoms with Gasteiger partial charge in [0.2, 0.25) is 0 Å². The third kappa shape index (κ3) is 7.71. The number of aryl methyl sites for hydroxylation is 2. The lowest BCUT2D eigenvalue weighted by Gasteiger charge is -1.90. The number of nitro groups is 1. The first-order valence-corrected chi connectivity index (χ1v) is 6.32. The van der Waals surface area contributed by atoms with Crippen LogP contribution in [0, 0.1) is 24.0 Å². The average molecular weight is 259 g/mol. The lowest BCUT2D eigenvalue weighted by Crippen LogP contribution is -1.86. The molecule has 3 heteroatoms. The van der Waals surface area contributed by atoms with Crippen LogP contribution in [-0.2, 0) is 0 Å². The summed E-state index contributed by atoms with van der Waals surface area (Å²) in [5.41, 5.74) is 2.50. The SMILES string of the molecule is CC.Cc1ccc([N+](=O)[O-])cc1.Cc1ccccc1. The van der Waals surface area contributed by atoms with Crippen molar-refractivity contribution < 1.29 is 4.92 Å². The predicted octanol–water partition coefficient (Wildman–Crippen LogP) is 4.92. The van der Waals surface area contributed by atoms with Gasteiger partial charge in [-0.3, -0.25) is 10.1 Å². The molecule has 2 aromatic carbocycles. The van der Waals surface area contributed by atoms with Crippen LogP contribution in [0.3, 0.4) is 0 Å². The van der Waals surface area contributed by atoms with E-state index in [-0.39, 0.29) is 5.69 Å². The lowest BCUT2D eigenvalue weighted by atomic mass is 10.2. The van der Waals surface area contributed by atoms with Gasteiger partial charge in [-0.2, -0.15) is 0 Å². The number of nitrogens with zero attached hydrogens (tertiary/aromatic N) is 1. The molecule has 0 N–H and O–H groups in total. The van der Waals surface area contributed by atoms with Crippen LogP contribution < -0.4 is 0 Å². The van der Waals surface area contributed by atoms with Crippen LogP contribution in [0.5, 0.6) is 0 Å². The van der Waals surface area contributed by atoms with E-state index in [0.29, 0.717) is 0 Å². The summed E-state index contributed by atoms with van der Waals surface area (Å²) in [4.78, 5) is 9.71. The molecular formula is C16H21NO2. The van der Waals surface area contributed by atoms with Crippen LogP contribution in [0.15, 0.2) is 54.6 Å². The van der Waals surface area contributed by atoms with Gasteiger partial charge in [0.15, 0.2) is 0 Å². The smallest absolute Gasteiger partial charge is 0.258 e. The predicted molar refractivity (Wildman–Crippen MR) is 80.4 cm³/mol. The number of nitro benzene ring substituents is 1. The second kappa shape index (κ2) is 9.83. The van der Waals surface area contributed by atoms with Gasteiger partial charge in [0.25, 0.3) is 5.69 Å². The van der Waals surface area contributed by atoms with Crippen molar-refractivity contribution in [3.63, 3.8) is 0 Å². The first kappa shape index (κ1) is 16.8. The van der Waals surface area contributed by atoms with Crippen molar-refractivity contribution >= 4 is 5.69 Å². The molecule has 3 nitrogen and oxygen atoms in total. The fourth-order valence-corrected chi connectivity index (χ4v) is 1.20. The van der Waals surface area contributed by atoms with Gasteiger partial charge in [-0.1, -0.05) is 67.4 Å². The minimum Gasteiger partial charge on any atom is -0.258 e. The Morgan fingerprint density at radius 2 is 1.21 bits per heavy atom. The molecule has 0 unspecified atom stereocenters. The van der Waals surface area contributed by atoms with E-state index in [1.54, 1.807) is 12.1 Å². The van der Waals surface area contributed by atoms with Gasteiger partial charge in [-0.25, -0.2) is 0 Å². The molecule has 0 saturated carbocycles. The summed E-state index contributed by atoms with van der Waals surface area (Å²) >= 11 is 0. The largest absolute Gasteiger partial charge is 0.269 e. The van der Waals surface area contributed by atoms with E-state index in [1.165, 1.54) is 17.7 Å². The zero-order chi connectivity index (χ0) is 14.7. The standard InChI is InChI=1S/C7H7NO2.C7H8.C2H6/c1-6-2-4-7(5-3-6)8(9)10;1-7-5-3-2-4-6-7;1-2/h2-5H,1H3;2-6H,1H3;1-2H3. The van der Waals surface area contributed by atoms with Gasteiger partial charge in [0.05, 0.1) is 4.92 Å². The summed E-state index contributed by atoms with van der Waals surface area (Å²) in [6.07, 6.45) is 0. The van der Waals surface area contributed by atoms with Gasteiger partial charge in [-0.15, -0.1) is 0 Å². The highest BCUT2D eigenvalue weighted by Gasteiger charge is 2.00.